The predicted octanol–water partition coefficient (Wildman–Crippen LogP) is 3.22. The van der Waals surface area contributed by atoms with Gasteiger partial charge in [0.05, 0.1) is 17.0 Å². The zero-order chi connectivity index (χ0) is 22.6. The summed E-state index contributed by atoms with van der Waals surface area (Å²) in [5.41, 5.74) is -0.568. The molecule has 0 aliphatic rings. The average molecular weight is 447 g/mol. The van der Waals surface area contributed by atoms with Crippen LogP contribution in [0, 0.1) is 23.5 Å². The number of aromatic amines is 1. The van der Waals surface area contributed by atoms with Crippen LogP contribution >= 0.6 is 0 Å². The largest absolute Gasteiger partial charge is 0.372 e. The van der Waals surface area contributed by atoms with Crippen LogP contribution in [0.1, 0.15) is 34.8 Å². The number of rotatable bonds is 7. The molecule has 7 nitrogen and oxygen atoms in total. The molecule has 10 heteroatoms. The second kappa shape index (κ2) is 9.24. The summed E-state index contributed by atoms with van der Waals surface area (Å²) in [5, 5.41) is 0.324. The molecule has 0 spiro atoms. The Morgan fingerprint density at radius 1 is 1.32 bits per heavy atom. The summed E-state index contributed by atoms with van der Waals surface area (Å²) in [6.07, 6.45) is 3.08. The SMILES string of the molecule is CCCS(=O)(=O)Nc1ccc(F)c(C(=O)c2c[nH]c3ncc(C#CCOC)cc23)c1F. The maximum absolute atomic E-state index is 15.0. The summed E-state index contributed by atoms with van der Waals surface area (Å²) in [6.45, 7) is 1.85. The first kappa shape index (κ1) is 22.4. The van der Waals surface area contributed by atoms with E-state index in [1.54, 1.807) is 13.0 Å². The van der Waals surface area contributed by atoms with Gasteiger partial charge < -0.3 is 9.72 Å². The van der Waals surface area contributed by atoms with Gasteiger partial charge in [0.1, 0.15) is 18.1 Å². The molecule has 0 unspecified atom stereocenters. The Morgan fingerprint density at radius 2 is 2.10 bits per heavy atom. The number of sulfonamides is 1. The lowest BCUT2D eigenvalue weighted by Gasteiger charge is -2.11. The molecule has 2 N–H and O–H groups in total. The number of hydrogen-bond donors (Lipinski definition) is 2. The van der Waals surface area contributed by atoms with E-state index in [9.17, 15) is 22.0 Å². The van der Waals surface area contributed by atoms with Gasteiger partial charge >= 0.3 is 0 Å². The molecule has 0 atom stereocenters. The molecule has 0 amide bonds. The van der Waals surface area contributed by atoms with E-state index in [4.69, 9.17) is 4.74 Å². The molecule has 0 saturated carbocycles. The van der Waals surface area contributed by atoms with E-state index in [1.807, 2.05) is 0 Å². The fraction of sp³-hybridized carbons (Fsp3) is 0.238. The molecular weight excluding hydrogens is 428 g/mol. The number of pyridine rings is 1. The monoisotopic (exact) mass is 447 g/mol. The number of methoxy groups -OCH3 is 1. The number of nitrogens with zero attached hydrogens (tertiary/aromatic N) is 1. The Labute approximate surface area is 177 Å². The number of hydrogen-bond acceptors (Lipinski definition) is 5. The van der Waals surface area contributed by atoms with Crippen LogP contribution in [0.4, 0.5) is 14.5 Å². The second-order valence-electron chi connectivity index (χ2n) is 6.59. The van der Waals surface area contributed by atoms with Gasteiger partial charge in [-0.15, -0.1) is 0 Å². The van der Waals surface area contributed by atoms with Crippen LogP contribution in [0.25, 0.3) is 11.0 Å². The third kappa shape index (κ3) is 4.90. The summed E-state index contributed by atoms with van der Waals surface area (Å²) in [5.74, 6) is 1.97. The highest BCUT2D eigenvalue weighted by Crippen LogP contribution is 2.27. The third-order valence-corrected chi connectivity index (χ3v) is 5.76. The van der Waals surface area contributed by atoms with Crippen LogP contribution in [0.2, 0.25) is 0 Å². The van der Waals surface area contributed by atoms with Crippen LogP contribution in [0.15, 0.2) is 30.6 Å². The number of anilines is 1. The molecule has 0 aliphatic heterocycles. The standard InChI is InChI=1S/C21H19F2N3O4S/c1-3-9-31(28,29)26-17-7-6-16(22)18(19(17)23)20(27)15-12-25-21-14(15)10-13(11-24-21)5-4-8-30-2/h6-7,10-12,26H,3,8-9H2,1-2H3,(H,24,25). The van der Waals surface area contributed by atoms with Crippen molar-refractivity contribution in [3.63, 3.8) is 0 Å². The lowest BCUT2D eigenvalue weighted by molar-refractivity contribution is 0.103. The quantitative estimate of drug-likeness (QED) is 0.428. The van der Waals surface area contributed by atoms with Gasteiger partial charge in [0.2, 0.25) is 15.8 Å². The van der Waals surface area contributed by atoms with Gasteiger partial charge in [0.15, 0.2) is 5.82 Å². The topological polar surface area (TPSA) is 101 Å². The average Bonchev–Trinajstić information content (AvgIpc) is 3.13. The van der Waals surface area contributed by atoms with Crippen molar-refractivity contribution in [2.75, 3.05) is 24.2 Å². The van der Waals surface area contributed by atoms with Crippen molar-refractivity contribution in [2.45, 2.75) is 13.3 Å². The van der Waals surface area contributed by atoms with E-state index in [1.165, 1.54) is 19.5 Å². The van der Waals surface area contributed by atoms with Gasteiger partial charge in [-0.1, -0.05) is 18.8 Å². The maximum atomic E-state index is 15.0. The predicted molar refractivity (Wildman–Crippen MR) is 112 cm³/mol. The number of nitrogens with one attached hydrogen (secondary N) is 2. The van der Waals surface area contributed by atoms with Crippen LogP contribution in [-0.4, -0.2) is 43.6 Å². The normalized spacial score (nSPS) is 11.2. The number of ether oxygens (including phenoxy) is 1. The third-order valence-electron chi connectivity index (χ3n) is 4.28. The lowest BCUT2D eigenvalue weighted by Crippen LogP contribution is -2.18. The Morgan fingerprint density at radius 3 is 2.81 bits per heavy atom. The van der Waals surface area contributed by atoms with Gasteiger partial charge in [0, 0.05) is 36.0 Å². The molecule has 162 valence electrons. The summed E-state index contributed by atoms with van der Waals surface area (Å²) < 4.78 is 60.3. The van der Waals surface area contributed by atoms with E-state index in [0.717, 1.165) is 12.1 Å². The van der Waals surface area contributed by atoms with Crippen molar-refractivity contribution < 1.29 is 26.7 Å². The summed E-state index contributed by atoms with van der Waals surface area (Å²) >= 11 is 0. The van der Waals surface area contributed by atoms with Gasteiger partial charge in [0.25, 0.3) is 0 Å². The summed E-state index contributed by atoms with van der Waals surface area (Å²) in [6, 6.07) is 3.35. The van der Waals surface area contributed by atoms with E-state index >= 15 is 0 Å². The molecule has 2 heterocycles. The smallest absolute Gasteiger partial charge is 0.232 e. The number of carbonyl (C=O) groups excluding carboxylic acids is 1. The molecule has 0 saturated heterocycles. The number of benzene rings is 1. The molecule has 0 aliphatic carbocycles. The number of aromatic nitrogens is 2. The summed E-state index contributed by atoms with van der Waals surface area (Å²) in [7, 11) is -2.33. The van der Waals surface area contributed by atoms with Crippen molar-refractivity contribution in [3.05, 3.63) is 58.9 Å². The molecule has 0 fully saturated rings. The zero-order valence-electron chi connectivity index (χ0n) is 16.8. The Kier molecular flexibility index (Phi) is 6.68. The highest BCUT2D eigenvalue weighted by molar-refractivity contribution is 7.92. The first-order chi connectivity index (χ1) is 14.8. The minimum Gasteiger partial charge on any atom is -0.372 e. The van der Waals surface area contributed by atoms with Crippen molar-refractivity contribution in [1.29, 1.82) is 0 Å². The molecule has 0 radical (unpaired) electrons. The van der Waals surface area contributed by atoms with Gasteiger partial charge in [-0.25, -0.2) is 22.2 Å². The molecule has 3 rings (SSSR count). The van der Waals surface area contributed by atoms with E-state index in [-0.39, 0.29) is 17.9 Å². The van der Waals surface area contributed by atoms with Crippen molar-refractivity contribution in [3.8, 4) is 11.8 Å². The van der Waals surface area contributed by atoms with Crippen molar-refractivity contribution in [1.82, 2.24) is 9.97 Å². The summed E-state index contributed by atoms with van der Waals surface area (Å²) in [4.78, 5) is 20.0. The molecule has 3 aromatic rings. The lowest BCUT2D eigenvalue weighted by atomic mass is 10.0. The molecule has 2 aromatic heterocycles. The maximum Gasteiger partial charge on any atom is 0.232 e. The fourth-order valence-electron chi connectivity index (χ4n) is 2.93. The minimum absolute atomic E-state index is 0.0238. The Hall–Kier alpha value is -3.29. The van der Waals surface area contributed by atoms with Crippen molar-refractivity contribution in [2.24, 2.45) is 0 Å². The number of carbonyl (C=O) groups is 1. The zero-order valence-corrected chi connectivity index (χ0v) is 17.6. The number of H-pyrrole nitrogens is 1. The van der Waals surface area contributed by atoms with Crippen LogP contribution in [0.3, 0.4) is 0 Å². The number of halogens is 2. The van der Waals surface area contributed by atoms with Gasteiger partial charge in [-0.3, -0.25) is 9.52 Å². The molecular formula is C21H19F2N3O4S. The van der Waals surface area contributed by atoms with E-state index < -0.39 is 38.7 Å². The Balaban J connectivity index is 2.05. The van der Waals surface area contributed by atoms with Crippen LogP contribution in [0.5, 0.6) is 0 Å². The van der Waals surface area contributed by atoms with Gasteiger partial charge in [-0.2, -0.15) is 0 Å². The molecule has 0 bridgehead atoms. The number of fused-ring (bicyclic) bond motifs is 1. The van der Waals surface area contributed by atoms with Gasteiger partial charge in [-0.05, 0) is 24.6 Å². The number of ketones is 1. The Bertz CT molecular complexity index is 1310. The highest BCUT2D eigenvalue weighted by Gasteiger charge is 2.25. The minimum atomic E-state index is -3.83. The first-order valence-corrected chi connectivity index (χ1v) is 10.9. The van der Waals surface area contributed by atoms with E-state index in [0.29, 0.717) is 23.0 Å². The fourth-order valence-corrected chi connectivity index (χ4v) is 4.06. The first-order valence-electron chi connectivity index (χ1n) is 9.25. The molecule has 31 heavy (non-hydrogen) atoms. The highest BCUT2D eigenvalue weighted by atomic mass is 32.2. The second-order valence-corrected chi connectivity index (χ2v) is 8.43. The van der Waals surface area contributed by atoms with Crippen LogP contribution in [-0.2, 0) is 14.8 Å². The molecule has 1 aromatic carbocycles. The van der Waals surface area contributed by atoms with Crippen LogP contribution < -0.4 is 4.72 Å². The van der Waals surface area contributed by atoms with E-state index in [2.05, 4.69) is 26.5 Å². The van der Waals surface area contributed by atoms with Crippen molar-refractivity contribution >= 4 is 32.5 Å².